The summed E-state index contributed by atoms with van der Waals surface area (Å²) in [5, 5.41) is 4.74. The SMILES string of the molecule is COc1cc(/C=C/c2nc3n(n2)CCC[C@@H]3c2ccc(C)cc2)ccc1-n1cnc(C)c1. The third-order valence-corrected chi connectivity index (χ3v) is 5.99. The molecule has 1 aliphatic rings. The van der Waals surface area contributed by atoms with Gasteiger partial charge in [0.25, 0.3) is 0 Å². The van der Waals surface area contributed by atoms with Gasteiger partial charge in [-0.05, 0) is 56.0 Å². The Morgan fingerprint density at radius 2 is 1.91 bits per heavy atom. The van der Waals surface area contributed by atoms with E-state index in [2.05, 4.69) is 46.9 Å². The Kier molecular flexibility index (Phi) is 5.35. The summed E-state index contributed by atoms with van der Waals surface area (Å²) < 4.78 is 9.66. The van der Waals surface area contributed by atoms with E-state index < -0.39 is 0 Å². The number of rotatable bonds is 5. The molecule has 2 aromatic carbocycles. The van der Waals surface area contributed by atoms with E-state index in [-0.39, 0.29) is 0 Å². The summed E-state index contributed by atoms with van der Waals surface area (Å²) in [7, 11) is 1.69. The summed E-state index contributed by atoms with van der Waals surface area (Å²) in [6, 6.07) is 14.9. The van der Waals surface area contributed by atoms with Gasteiger partial charge in [-0.1, -0.05) is 42.0 Å². The van der Waals surface area contributed by atoms with Gasteiger partial charge in [-0.2, -0.15) is 5.10 Å². The van der Waals surface area contributed by atoms with Crippen molar-refractivity contribution in [2.45, 2.75) is 39.2 Å². The zero-order chi connectivity index (χ0) is 22.1. The van der Waals surface area contributed by atoms with Gasteiger partial charge < -0.3 is 9.30 Å². The first-order valence-electron chi connectivity index (χ1n) is 11.0. The van der Waals surface area contributed by atoms with E-state index in [0.29, 0.717) is 5.92 Å². The van der Waals surface area contributed by atoms with Crippen molar-refractivity contribution in [3.63, 3.8) is 0 Å². The lowest BCUT2D eigenvalue weighted by Crippen LogP contribution is -2.17. The van der Waals surface area contributed by atoms with Crippen molar-refractivity contribution in [2.75, 3.05) is 7.11 Å². The minimum atomic E-state index is 0.303. The lowest BCUT2D eigenvalue weighted by molar-refractivity contribution is 0.413. The van der Waals surface area contributed by atoms with Crippen LogP contribution < -0.4 is 4.74 Å². The van der Waals surface area contributed by atoms with Crippen LogP contribution in [0.15, 0.2) is 55.0 Å². The molecule has 5 rings (SSSR count). The molecule has 0 radical (unpaired) electrons. The quantitative estimate of drug-likeness (QED) is 0.442. The minimum Gasteiger partial charge on any atom is -0.495 e. The van der Waals surface area contributed by atoms with Crippen molar-refractivity contribution < 1.29 is 4.74 Å². The predicted molar refractivity (Wildman–Crippen MR) is 126 cm³/mol. The first-order chi connectivity index (χ1) is 15.6. The Balaban J connectivity index is 1.40. The molecule has 6 heteroatoms. The second-order valence-corrected chi connectivity index (χ2v) is 8.34. The second kappa shape index (κ2) is 8.46. The van der Waals surface area contributed by atoms with E-state index in [0.717, 1.165) is 53.7 Å². The summed E-state index contributed by atoms with van der Waals surface area (Å²) in [6.45, 7) is 5.01. The molecular weight excluding hydrogens is 398 g/mol. The molecule has 162 valence electrons. The van der Waals surface area contributed by atoms with Gasteiger partial charge in [0.1, 0.15) is 11.6 Å². The highest BCUT2D eigenvalue weighted by Gasteiger charge is 2.25. The molecule has 0 bridgehead atoms. The smallest absolute Gasteiger partial charge is 0.174 e. The van der Waals surface area contributed by atoms with Crippen LogP contribution in [0, 0.1) is 13.8 Å². The molecule has 1 atom stereocenters. The van der Waals surface area contributed by atoms with Gasteiger partial charge in [0.05, 0.1) is 24.8 Å². The molecule has 2 aromatic heterocycles. The highest BCUT2D eigenvalue weighted by atomic mass is 16.5. The van der Waals surface area contributed by atoms with Crippen LogP contribution in [0.1, 0.15) is 52.8 Å². The van der Waals surface area contributed by atoms with E-state index in [1.165, 1.54) is 11.1 Å². The van der Waals surface area contributed by atoms with E-state index in [4.69, 9.17) is 14.8 Å². The average molecular weight is 426 g/mol. The normalized spacial score (nSPS) is 15.8. The van der Waals surface area contributed by atoms with Crippen molar-refractivity contribution >= 4 is 12.2 Å². The van der Waals surface area contributed by atoms with Gasteiger partial charge in [0.2, 0.25) is 0 Å². The van der Waals surface area contributed by atoms with E-state index in [1.54, 1.807) is 13.4 Å². The minimum absolute atomic E-state index is 0.303. The first-order valence-corrected chi connectivity index (χ1v) is 11.0. The molecule has 0 spiro atoms. The van der Waals surface area contributed by atoms with E-state index in [1.807, 2.05) is 42.0 Å². The molecule has 6 nitrogen and oxygen atoms in total. The Bertz CT molecular complexity index is 1270. The molecule has 0 N–H and O–H groups in total. The highest BCUT2D eigenvalue weighted by molar-refractivity contribution is 5.69. The van der Waals surface area contributed by atoms with E-state index >= 15 is 0 Å². The lowest BCUT2D eigenvalue weighted by Gasteiger charge is -2.22. The Morgan fingerprint density at radius 1 is 1.06 bits per heavy atom. The summed E-state index contributed by atoms with van der Waals surface area (Å²) in [6.07, 6.45) is 10.0. The molecule has 0 saturated heterocycles. The fourth-order valence-electron chi connectivity index (χ4n) is 4.29. The number of aromatic nitrogens is 5. The predicted octanol–water partition coefficient (Wildman–Crippen LogP) is 5.19. The van der Waals surface area contributed by atoms with Gasteiger partial charge in [0, 0.05) is 18.7 Å². The number of imidazole rings is 1. The third-order valence-electron chi connectivity index (χ3n) is 5.99. The molecule has 0 saturated carbocycles. The molecule has 32 heavy (non-hydrogen) atoms. The van der Waals surface area contributed by atoms with Crippen molar-refractivity contribution in [1.29, 1.82) is 0 Å². The maximum atomic E-state index is 5.62. The molecule has 1 aliphatic heterocycles. The fraction of sp³-hybridized carbons (Fsp3) is 0.269. The average Bonchev–Trinajstić information content (AvgIpc) is 3.43. The number of nitrogens with zero attached hydrogens (tertiary/aromatic N) is 5. The monoisotopic (exact) mass is 425 g/mol. The molecule has 3 heterocycles. The van der Waals surface area contributed by atoms with Crippen LogP contribution in [-0.2, 0) is 6.54 Å². The molecule has 4 aromatic rings. The highest BCUT2D eigenvalue weighted by Crippen LogP contribution is 2.32. The summed E-state index contributed by atoms with van der Waals surface area (Å²) in [5.74, 6) is 2.90. The van der Waals surface area contributed by atoms with Gasteiger partial charge in [-0.15, -0.1) is 0 Å². The second-order valence-electron chi connectivity index (χ2n) is 8.34. The fourth-order valence-corrected chi connectivity index (χ4v) is 4.29. The topological polar surface area (TPSA) is 57.8 Å². The number of methoxy groups -OCH3 is 1. The van der Waals surface area contributed by atoms with Crippen LogP contribution in [0.3, 0.4) is 0 Å². The van der Waals surface area contributed by atoms with Crippen molar-refractivity contribution in [1.82, 2.24) is 24.3 Å². The zero-order valence-corrected chi connectivity index (χ0v) is 18.7. The number of benzene rings is 2. The van der Waals surface area contributed by atoms with Crippen LogP contribution in [0.5, 0.6) is 5.75 Å². The lowest BCUT2D eigenvalue weighted by atomic mass is 9.91. The summed E-state index contributed by atoms with van der Waals surface area (Å²) in [4.78, 5) is 9.18. The van der Waals surface area contributed by atoms with Crippen LogP contribution in [-0.4, -0.2) is 31.4 Å². The number of hydrogen-bond donors (Lipinski definition) is 0. The van der Waals surface area contributed by atoms with Crippen LogP contribution in [0.4, 0.5) is 0 Å². The van der Waals surface area contributed by atoms with Gasteiger partial charge in [-0.25, -0.2) is 14.6 Å². The molecule has 0 unspecified atom stereocenters. The standard InChI is InChI=1S/C26H27N5O/c1-18-6-10-21(11-7-18)22-5-4-14-31-26(22)28-25(29-31)13-9-20-8-12-23(24(15-20)32-3)30-16-19(2)27-17-30/h6-13,15-17,22H,4-5,14H2,1-3H3/b13-9+/t22-/m1/s1. The van der Waals surface area contributed by atoms with Crippen molar-refractivity contribution in [3.05, 3.63) is 89.0 Å². The Morgan fingerprint density at radius 3 is 2.66 bits per heavy atom. The Labute approximate surface area is 188 Å². The van der Waals surface area contributed by atoms with Gasteiger partial charge in [0.15, 0.2) is 5.82 Å². The maximum absolute atomic E-state index is 5.62. The first kappa shape index (κ1) is 20.2. The van der Waals surface area contributed by atoms with Gasteiger partial charge in [-0.3, -0.25) is 0 Å². The van der Waals surface area contributed by atoms with Crippen molar-refractivity contribution in [2.24, 2.45) is 0 Å². The summed E-state index contributed by atoms with van der Waals surface area (Å²) in [5.41, 5.74) is 5.55. The maximum Gasteiger partial charge on any atom is 0.174 e. The third kappa shape index (κ3) is 3.96. The van der Waals surface area contributed by atoms with E-state index in [9.17, 15) is 0 Å². The van der Waals surface area contributed by atoms with Crippen molar-refractivity contribution in [3.8, 4) is 11.4 Å². The number of ether oxygens (including phenoxy) is 1. The number of aryl methyl sites for hydroxylation is 3. The van der Waals surface area contributed by atoms with Gasteiger partial charge >= 0.3 is 0 Å². The Hall–Kier alpha value is -3.67. The zero-order valence-electron chi connectivity index (χ0n) is 18.7. The summed E-state index contributed by atoms with van der Waals surface area (Å²) >= 11 is 0. The van der Waals surface area contributed by atoms with Crippen LogP contribution in [0.2, 0.25) is 0 Å². The molecular formula is C26H27N5O. The van der Waals surface area contributed by atoms with Crippen LogP contribution >= 0.6 is 0 Å². The molecule has 0 fully saturated rings. The number of fused-ring (bicyclic) bond motifs is 1. The van der Waals surface area contributed by atoms with Crippen LogP contribution in [0.25, 0.3) is 17.8 Å². The molecule has 0 amide bonds. The molecule has 0 aliphatic carbocycles. The largest absolute Gasteiger partial charge is 0.495 e. The number of hydrogen-bond acceptors (Lipinski definition) is 4.